The Balaban J connectivity index is 1.62. The van der Waals surface area contributed by atoms with E-state index < -0.39 is 5.79 Å². The lowest BCUT2D eigenvalue weighted by atomic mass is 9.55. The van der Waals surface area contributed by atoms with Crippen molar-refractivity contribution in [3.63, 3.8) is 0 Å². The van der Waals surface area contributed by atoms with E-state index in [2.05, 4.69) is 41.5 Å². The SMILES string of the molecule is C[C@H]1OC2(CCCC3(CC(C)(C)CC4(C3)O[C@H](C)[C@@H](C)O4)C2)O[C@@H]1C. The van der Waals surface area contributed by atoms with E-state index in [1.807, 2.05) is 0 Å². The molecule has 1 unspecified atom stereocenters. The molecule has 2 saturated carbocycles. The average Bonchev–Trinajstić information content (AvgIpc) is 2.83. The van der Waals surface area contributed by atoms with Gasteiger partial charge >= 0.3 is 0 Å². The molecule has 0 aromatic heterocycles. The van der Waals surface area contributed by atoms with Crippen LogP contribution in [0.15, 0.2) is 0 Å². The normalized spacial score (nSPS) is 47.8. The van der Waals surface area contributed by atoms with Crippen LogP contribution in [0.25, 0.3) is 0 Å². The van der Waals surface area contributed by atoms with Gasteiger partial charge < -0.3 is 18.9 Å². The van der Waals surface area contributed by atoms with E-state index in [4.69, 9.17) is 18.9 Å². The second kappa shape index (κ2) is 5.67. The van der Waals surface area contributed by atoms with Crippen molar-refractivity contribution in [2.45, 2.75) is 122 Å². The van der Waals surface area contributed by atoms with Crippen LogP contribution in [-0.4, -0.2) is 36.0 Å². The van der Waals surface area contributed by atoms with E-state index in [1.165, 1.54) is 12.8 Å². The Kier molecular flexibility index (Phi) is 4.13. The molecular formula is C21H36O4. The van der Waals surface area contributed by atoms with E-state index >= 15 is 0 Å². The van der Waals surface area contributed by atoms with Crippen molar-refractivity contribution in [2.24, 2.45) is 10.8 Å². The summed E-state index contributed by atoms with van der Waals surface area (Å²) in [6.07, 6.45) is 8.26. The van der Waals surface area contributed by atoms with E-state index in [1.54, 1.807) is 0 Å². The zero-order valence-corrected chi connectivity index (χ0v) is 16.9. The van der Waals surface area contributed by atoms with Crippen molar-refractivity contribution < 1.29 is 18.9 Å². The quantitative estimate of drug-likeness (QED) is 0.628. The molecule has 0 N–H and O–H groups in total. The van der Waals surface area contributed by atoms with Crippen molar-refractivity contribution in [1.82, 2.24) is 0 Å². The molecule has 2 aliphatic heterocycles. The lowest BCUT2D eigenvalue weighted by molar-refractivity contribution is -0.272. The van der Waals surface area contributed by atoms with Crippen LogP contribution in [0.4, 0.5) is 0 Å². The second-order valence-corrected chi connectivity index (χ2v) is 10.3. The van der Waals surface area contributed by atoms with Crippen LogP contribution >= 0.6 is 0 Å². The van der Waals surface area contributed by atoms with Gasteiger partial charge in [-0.05, 0) is 57.8 Å². The third-order valence-electron chi connectivity index (χ3n) is 7.08. The first-order valence-corrected chi connectivity index (χ1v) is 10.3. The molecule has 2 aliphatic carbocycles. The van der Waals surface area contributed by atoms with Crippen molar-refractivity contribution in [3.05, 3.63) is 0 Å². The van der Waals surface area contributed by atoms with E-state index in [0.717, 1.165) is 32.1 Å². The summed E-state index contributed by atoms with van der Waals surface area (Å²) in [6.45, 7) is 13.3. The van der Waals surface area contributed by atoms with Gasteiger partial charge in [0.1, 0.15) is 0 Å². The summed E-state index contributed by atoms with van der Waals surface area (Å²) in [4.78, 5) is 0. The summed E-state index contributed by atoms with van der Waals surface area (Å²) < 4.78 is 25.7. The lowest BCUT2D eigenvalue weighted by Crippen LogP contribution is -2.54. The average molecular weight is 353 g/mol. The summed E-state index contributed by atoms with van der Waals surface area (Å²) in [7, 11) is 0. The molecule has 2 heterocycles. The van der Waals surface area contributed by atoms with Crippen LogP contribution in [0, 0.1) is 10.8 Å². The monoisotopic (exact) mass is 352 g/mol. The van der Waals surface area contributed by atoms with Crippen molar-refractivity contribution in [3.8, 4) is 0 Å². The van der Waals surface area contributed by atoms with Gasteiger partial charge in [0.15, 0.2) is 11.6 Å². The molecule has 0 bridgehead atoms. The molecule has 144 valence electrons. The molecule has 0 aromatic carbocycles. The predicted octanol–water partition coefficient (Wildman–Crippen LogP) is 4.80. The van der Waals surface area contributed by atoms with Crippen LogP contribution in [0.3, 0.4) is 0 Å². The highest BCUT2D eigenvalue weighted by atomic mass is 16.8. The summed E-state index contributed by atoms with van der Waals surface area (Å²) in [6, 6.07) is 0. The maximum absolute atomic E-state index is 6.45. The van der Waals surface area contributed by atoms with E-state index in [0.29, 0.717) is 0 Å². The Morgan fingerprint density at radius 1 is 0.600 bits per heavy atom. The minimum atomic E-state index is -0.422. The van der Waals surface area contributed by atoms with E-state index in [9.17, 15) is 0 Å². The highest BCUT2D eigenvalue weighted by Crippen LogP contribution is 2.62. The number of rotatable bonds is 0. The minimum absolute atomic E-state index is 0.169. The smallest absolute Gasteiger partial charge is 0.170 e. The zero-order valence-electron chi connectivity index (χ0n) is 16.9. The van der Waals surface area contributed by atoms with Crippen molar-refractivity contribution >= 4 is 0 Å². The fourth-order valence-electron chi connectivity index (χ4n) is 6.45. The van der Waals surface area contributed by atoms with E-state index in [-0.39, 0.29) is 41.0 Å². The second-order valence-electron chi connectivity index (χ2n) is 10.3. The molecule has 4 nitrogen and oxygen atoms in total. The highest BCUT2D eigenvalue weighted by molar-refractivity contribution is 5.05. The highest BCUT2D eigenvalue weighted by Gasteiger charge is 2.61. The molecule has 0 aromatic rings. The Morgan fingerprint density at radius 3 is 1.64 bits per heavy atom. The van der Waals surface area contributed by atoms with Crippen molar-refractivity contribution in [1.29, 1.82) is 0 Å². The van der Waals surface area contributed by atoms with Gasteiger partial charge in [0.2, 0.25) is 0 Å². The lowest BCUT2D eigenvalue weighted by Gasteiger charge is -2.56. The molecule has 0 amide bonds. The first-order valence-electron chi connectivity index (χ1n) is 10.3. The molecule has 0 radical (unpaired) electrons. The molecule has 4 heteroatoms. The molecule has 4 fully saturated rings. The summed E-state index contributed by atoms with van der Waals surface area (Å²) in [5.74, 6) is -0.809. The van der Waals surface area contributed by atoms with Gasteiger partial charge in [-0.25, -0.2) is 0 Å². The summed E-state index contributed by atoms with van der Waals surface area (Å²) in [5.41, 5.74) is 0.393. The van der Waals surface area contributed by atoms with Crippen molar-refractivity contribution in [2.75, 3.05) is 0 Å². The molecule has 25 heavy (non-hydrogen) atoms. The van der Waals surface area contributed by atoms with Gasteiger partial charge in [-0.2, -0.15) is 0 Å². The Hall–Kier alpha value is -0.160. The van der Waals surface area contributed by atoms with Crippen LogP contribution in [-0.2, 0) is 18.9 Å². The number of hydrogen-bond acceptors (Lipinski definition) is 4. The van der Waals surface area contributed by atoms with Gasteiger partial charge in [0.25, 0.3) is 0 Å². The fourth-order valence-corrected chi connectivity index (χ4v) is 6.45. The third-order valence-corrected chi connectivity index (χ3v) is 7.08. The van der Waals surface area contributed by atoms with Gasteiger partial charge in [0.05, 0.1) is 24.4 Å². The van der Waals surface area contributed by atoms with Crippen LogP contribution in [0.1, 0.15) is 86.5 Å². The van der Waals surface area contributed by atoms with Gasteiger partial charge in [-0.15, -0.1) is 0 Å². The molecule has 4 aliphatic rings. The van der Waals surface area contributed by atoms with Crippen LogP contribution in [0.2, 0.25) is 0 Å². The van der Waals surface area contributed by atoms with Crippen LogP contribution in [0.5, 0.6) is 0 Å². The molecule has 5 atom stereocenters. The van der Waals surface area contributed by atoms with Gasteiger partial charge in [-0.3, -0.25) is 0 Å². The Bertz CT molecular complexity index is 506. The molecular weight excluding hydrogens is 316 g/mol. The maximum atomic E-state index is 6.45. The first kappa shape index (κ1) is 18.2. The zero-order chi connectivity index (χ0) is 18.1. The molecule has 3 spiro atoms. The third kappa shape index (κ3) is 3.18. The Labute approximate surface area is 152 Å². The van der Waals surface area contributed by atoms with Gasteiger partial charge in [0, 0.05) is 25.7 Å². The summed E-state index contributed by atoms with van der Waals surface area (Å²) in [5, 5.41) is 0. The van der Waals surface area contributed by atoms with Gasteiger partial charge in [-0.1, -0.05) is 13.8 Å². The number of hydrogen-bond donors (Lipinski definition) is 0. The fraction of sp³-hybridized carbons (Fsp3) is 1.00. The standard InChI is InChI=1S/C21H36O4/c1-14-15(2)23-20(22-14)9-7-8-19(12-20)10-18(5,6)11-21(13-19)24-16(3)17(4)25-21/h14-17H,7-13H2,1-6H3/t14-,15-,16-,17-,19?/m1/s1. The Morgan fingerprint density at radius 2 is 1.08 bits per heavy atom. The maximum Gasteiger partial charge on any atom is 0.170 e. The molecule has 2 saturated heterocycles. The summed E-state index contributed by atoms with van der Waals surface area (Å²) >= 11 is 0. The number of ether oxygens (including phenoxy) is 4. The predicted molar refractivity (Wildman–Crippen MR) is 96.2 cm³/mol. The first-order chi connectivity index (χ1) is 11.6. The minimum Gasteiger partial charge on any atom is -0.344 e. The topological polar surface area (TPSA) is 36.9 Å². The largest absolute Gasteiger partial charge is 0.344 e. The molecule has 4 rings (SSSR count). The van der Waals surface area contributed by atoms with Crippen LogP contribution < -0.4 is 0 Å².